The number of nitrogens with one attached hydrogen (secondary N) is 1. The van der Waals surface area contributed by atoms with Gasteiger partial charge in [0.05, 0.1) is 12.0 Å². The molecule has 1 aliphatic rings. The minimum atomic E-state index is -1.04. The topological polar surface area (TPSA) is 97.2 Å². The molecule has 0 spiro atoms. The van der Waals surface area contributed by atoms with Crippen LogP contribution in [0, 0.1) is 0 Å². The largest absolute Gasteiger partial charge is 0.494 e. The van der Waals surface area contributed by atoms with Crippen LogP contribution in [0.4, 0.5) is 5.69 Å². The molecule has 0 aliphatic carbocycles. The molecule has 1 heterocycles. The van der Waals surface area contributed by atoms with Crippen molar-refractivity contribution < 1.29 is 24.2 Å². The lowest BCUT2D eigenvalue weighted by molar-refractivity contribution is -0.139. The molecule has 0 aromatic heterocycles. The van der Waals surface area contributed by atoms with Gasteiger partial charge in [0.1, 0.15) is 17.2 Å². The molecule has 0 unspecified atom stereocenters. The van der Waals surface area contributed by atoms with Crippen molar-refractivity contribution in [3.63, 3.8) is 0 Å². The van der Waals surface area contributed by atoms with Crippen molar-refractivity contribution in [1.82, 2.24) is 5.32 Å². The number of para-hydroxylation sites is 2. The lowest BCUT2D eigenvalue weighted by Crippen LogP contribution is -2.19. The fourth-order valence-corrected chi connectivity index (χ4v) is 3.10. The average Bonchev–Trinajstić information content (AvgIpc) is 3.00. The van der Waals surface area contributed by atoms with Crippen LogP contribution in [0.5, 0.6) is 11.5 Å². The number of nitrogens with zero attached hydrogens (tertiary/aromatic N) is 1. The number of methoxy groups -OCH3 is 1. The van der Waals surface area contributed by atoms with Crippen molar-refractivity contribution in [2.24, 2.45) is 4.99 Å². The number of thioether (sulfide) groups is 1. The summed E-state index contributed by atoms with van der Waals surface area (Å²) in [7, 11) is 1.56. The molecule has 2 aromatic carbocycles. The third-order valence-electron chi connectivity index (χ3n) is 3.50. The second-order valence-corrected chi connectivity index (χ2v) is 6.44. The van der Waals surface area contributed by atoms with Crippen LogP contribution in [0.25, 0.3) is 6.08 Å². The van der Waals surface area contributed by atoms with Crippen LogP contribution < -0.4 is 14.8 Å². The van der Waals surface area contributed by atoms with Crippen LogP contribution >= 0.6 is 11.8 Å². The van der Waals surface area contributed by atoms with Crippen molar-refractivity contribution in [1.29, 1.82) is 0 Å². The Morgan fingerprint density at radius 2 is 1.96 bits per heavy atom. The van der Waals surface area contributed by atoms with Gasteiger partial charge in [0.2, 0.25) is 0 Å². The van der Waals surface area contributed by atoms with Gasteiger partial charge in [-0.2, -0.15) is 0 Å². The Labute approximate surface area is 159 Å². The van der Waals surface area contributed by atoms with E-state index in [9.17, 15) is 9.59 Å². The zero-order valence-corrected chi connectivity index (χ0v) is 15.2. The number of ether oxygens (including phenoxy) is 2. The Hall–Kier alpha value is -3.26. The summed E-state index contributed by atoms with van der Waals surface area (Å²) in [6.07, 6.45) is 1.73. The third kappa shape index (κ3) is 4.89. The van der Waals surface area contributed by atoms with Crippen LogP contribution in [0.3, 0.4) is 0 Å². The minimum absolute atomic E-state index is 0.236. The molecule has 3 rings (SSSR count). The van der Waals surface area contributed by atoms with Gasteiger partial charge in [-0.25, -0.2) is 9.79 Å². The Kier molecular flexibility index (Phi) is 5.77. The van der Waals surface area contributed by atoms with Gasteiger partial charge in [-0.05, 0) is 47.7 Å². The molecule has 8 heteroatoms. The molecule has 0 radical (unpaired) electrons. The Morgan fingerprint density at radius 1 is 1.22 bits per heavy atom. The van der Waals surface area contributed by atoms with Crippen molar-refractivity contribution in [3.8, 4) is 11.5 Å². The number of amides is 1. The summed E-state index contributed by atoms with van der Waals surface area (Å²) in [6.45, 7) is -0.401. The number of hydrogen-bond donors (Lipinski definition) is 2. The Balaban J connectivity index is 1.73. The highest BCUT2D eigenvalue weighted by molar-refractivity contribution is 8.18. The predicted octanol–water partition coefficient (Wildman–Crippen LogP) is 3.05. The van der Waals surface area contributed by atoms with Crippen LogP contribution in [-0.4, -0.2) is 35.9 Å². The second kappa shape index (κ2) is 8.41. The number of rotatable bonds is 6. The van der Waals surface area contributed by atoms with Crippen molar-refractivity contribution >= 4 is 40.6 Å². The number of benzene rings is 2. The summed E-state index contributed by atoms with van der Waals surface area (Å²) in [5, 5.41) is 11.8. The molecule has 0 saturated carbocycles. The van der Waals surface area contributed by atoms with Gasteiger partial charge < -0.3 is 19.9 Å². The quantitative estimate of drug-likeness (QED) is 0.743. The number of aliphatic carboxylic acids is 1. The number of carbonyl (C=O) groups excluding carboxylic acids is 1. The number of aliphatic imine (C=N–C) groups is 1. The minimum Gasteiger partial charge on any atom is -0.494 e. The van der Waals surface area contributed by atoms with Gasteiger partial charge in [-0.1, -0.05) is 24.3 Å². The summed E-state index contributed by atoms with van der Waals surface area (Å²) < 4.78 is 10.3. The average molecular weight is 384 g/mol. The molecule has 0 bridgehead atoms. The SMILES string of the molecule is COc1ccccc1N=C1NC(=O)/C(=C\c2ccc(OCC(=O)O)cc2)S1. The first-order valence-corrected chi connectivity index (χ1v) is 8.74. The summed E-state index contributed by atoms with van der Waals surface area (Å²) in [5.74, 6) is -0.210. The lowest BCUT2D eigenvalue weighted by Gasteiger charge is -2.03. The van der Waals surface area contributed by atoms with Gasteiger partial charge in [0.25, 0.3) is 5.91 Å². The van der Waals surface area contributed by atoms with E-state index >= 15 is 0 Å². The third-order valence-corrected chi connectivity index (χ3v) is 4.41. The standard InChI is InChI=1S/C19H16N2O5S/c1-25-15-5-3-2-4-14(15)20-19-21-18(24)16(27-19)10-12-6-8-13(9-7-12)26-11-17(22)23/h2-10H,11H2,1H3,(H,22,23)(H,20,21,24)/b16-10+. The van der Waals surface area contributed by atoms with E-state index < -0.39 is 12.6 Å². The van der Waals surface area contributed by atoms with Gasteiger partial charge in [-0.3, -0.25) is 4.79 Å². The van der Waals surface area contributed by atoms with Gasteiger partial charge in [0.15, 0.2) is 11.8 Å². The molecule has 1 amide bonds. The summed E-state index contributed by atoms with van der Waals surface area (Å²) >= 11 is 1.23. The maximum absolute atomic E-state index is 12.2. The molecule has 2 aromatic rings. The fraction of sp³-hybridized carbons (Fsp3) is 0.105. The predicted molar refractivity (Wildman–Crippen MR) is 103 cm³/mol. The number of amidine groups is 1. The first-order valence-electron chi connectivity index (χ1n) is 7.92. The van der Waals surface area contributed by atoms with Crippen LogP contribution in [-0.2, 0) is 9.59 Å². The number of hydrogen-bond acceptors (Lipinski definition) is 6. The van der Waals surface area contributed by atoms with E-state index in [0.29, 0.717) is 27.3 Å². The lowest BCUT2D eigenvalue weighted by atomic mass is 10.2. The van der Waals surface area contributed by atoms with Crippen molar-refractivity contribution in [3.05, 3.63) is 59.0 Å². The maximum atomic E-state index is 12.2. The number of carboxylic acids is 1. The molecule has 1 fully saturated rings. The molecule has 1 aliphatic heterocycles. The molecule has 1 saturated heterocycles. The summed E-state index contributed by atoms with van der Waals surface area (Å²) in [5.41, 5.74) is 1.41. The zero-order chi connectivity index (χ0) is 19.2. The first kappa shape index (κ1) is 18.5. The second-order valence-electron chi connectivity index (χ2n) is 5.41. The van der Waals surface area contributed by atoms with E-state index in [1.807, 2.05) is 12.1 Å². The Morgan fingerprint density at radius 3 is 2.67 bits per heavy atom. The first-order chi connectivity index (χ1) is 13.0. The van der Waals surface area contributed by atoms with Crippen LogP contribution in [0.2, 0.25) is 0 Å². The highest BCUT2D eigenvalue weighted by atomic mass is 32.2. The summed E-state index contributed by atoms with van der Waals surface area (Å²) in [6, 6.07) is 14.1. The molecule has 0 atom stereocenters. The van der Waals surface area contributed by atoms with E-state index in [1.54, 1.807) is 49.6 Å². The van der Waals surface area contributed by atoms with Gasteiger partial charge in [0, 0.05) is 0 Å². The highest BCUT2D eigenvalue weighted by Gasteiger charge is 2.24. The summed E-state index contributed by atoms with van der Waals surface area (Å²) in [4.78, 5) is 27.6. The van der Waals surface area contributed by atoms with Crippen molar-refractivity contribution in [2.75, 3.05) is 13.7 Å². The number of carbonyl (C=O) groups is 2. The molecular formula is C19H16N2O5S. The monoisotopic (exact) mass is 384 g/mol. The van der Waals surface area contributed by atoms with E-state index in [-0.39, 0.29) is 5.91 Å². The smallest absolute Gasteiger partial charge is 0.341 e. The van der Waals surface area contributed by atoms with Gasteiger partial charge >= 0.3 is 5.97 Å². The van der Waals surface area contributed by atoms with E-state index in [2.05, 4.69) is 10.3 Å². The normalized spacial score (nSPS) is 16.4. The molecule has 27 heavy (non-hydrogen) atoms. The Bertz CT molecular complexity index is 922. The van der Waals surface area contributed by atoms with E-state index in [1.165, 1.54) is 11.8 Å². The molecule has 138 valence electrons. The van der Waals surface area contributed by atoms with Crippen LogP contribution in [0.15, 0.2) is 58.4 Å². The molecule has 7 nitrogen and oxygen atoms in total. The molecule has 2 N–H and O–H groups in total. The van der Waals surface area contributed by atoms with E-state index in [4.69, 9.17) is 14.6 Å². The number of carboxylic acid groups (broad SMARTS) is 1. The van der Waals surface area contributed by atoms with Crippen LogP contribution in [0.1, 0.15) is 5.56 Å². The zero-order valence-electron chi connectivity index (χ0n) is 14.3. The van der Waals surface area contributed by atoms with Gasteiger partial charge in [-0.15, -0.1) is 0 Å². The highest BCUT2D eigenvalue weighted by Crippen LogP contribution is 2.32. The fourth-order valence-electron chi connectivity index (χ4n) is 2.27. The van der Waals surface area contributed by atoms with E-state index in [0.717, 1.165) is 5.56 Å². The molecular weight excluding hydrogens is 368 g/mol. The van der Waals surface area contributed by atoms with Crippen molar-refractivity contribution in [2.45, 2.75) is 0 Å². The maximum Gasteiger partial charge on any atom is 0.341 e.